The van der Waals surface area contributed by atoms with Crippen molar-refractivity contribution in [1.82, 2.24) is 10.2 Å². The van der Waals surface area contributed by atoms with Gasteiger partial charge in [0.25, 0.3) is 11.1 Å². The lowest BCUT2D eigenvalue weighted by Gasteiger charge is -2.05. The lowest BCUT2D eigenvalue weighted by molar-refractivity contribution is -0.113. The van der Waals surface area contributed by atoms with Crippen LogP contribution < -0.4 is 5.32 Å². The van der Waals surface area contributed by atoms with E-state index in [9.17, 15) is 13.6 Å². The van der Waals surface area contributed by atoms with Gasteiger partial charge in [-0.25, -0.2) is 8.78 Å². The van der Waals surface area contributed by atoms with Crippen molar-refractivity contribution >= 4 is 23.4 Å². The third-order valence-electron chi connectivity index (χ3n) is 2.67. The molecule has 2 aromatic heterocycles. The second kappa shape index (κ2) is 6.61. The Labute approximate surface area is 132 Å². The maximum Gasteiger partial charge on any atom is 0.284 e. The molecule has 0 fully saturated rings. The summed E-state index contributed by atoms with van der Waals surface area (Å²) in [6, 6.07) is 6.13. The number of nitrogens with zero attached hydrogens (tertiary/aromatic N) is 2. The normalized spacial score (nSPS) is 10.7. The van der Waals surface area contributed by atoms with Crippen LogP contribution in [0.5, 0.6) is 0 Å². The predicted molar refractivity (Wildman–Crippen MR) is 77.7 cm³/mol. The molecule has 3 rings (SSSR count). The van der Waals surface area contributed by atoms with E-state index >= 15 is 0 Å². The maximum atomic E-state index is 13.4. The zero-order chi connectivity index (χ0) is 16.2. The van der Waals surface area contributed by atoms with Crippen LogP contribution in [0, 0.1) is 11.6 Å². The van der Waals surface area contributed by atoms with Crippen molar-refractivity contribution in [3.05, 3.63) is 48.2 Å². The summed E-state index contributed by atoms with van der Waals surface area (Å²) < 4.78 is 36.8. The van der Waals surface area contributed by atoms with Gasteiger partial charge < -0.3 is 14.2 Å². The van der Waals surface area contributed by atoms with Gasteiger partial charge in [0.2, 0.25) is 5.91 Å². The molecule has 9 heteroatoms. The summed E-state index contributed by atoms with van der Waals surface area (Å²) in [7, 11) is 0. The van der Waals surface area contributed by atoms with E-state index in [1.807, 2.05) is 0 Å². The third-order valence-corrected chi connectivity index (χ3v) is 3.49. The number of rotatable bonds is 5. The van der Waals surface area contributed by atoms with Gasteiger partial charge in [-0.1, -0.05) is 11.8 Å². The molecular weight excluding hydrogens is 328 g/mol. The molecule has 0 saturated heterocycles. The number of hydrogen-bond donors (Lipinski definition) is 1. The van der Waals surface area contributed by atoms with Gasteiger partial charge in [0.05, 0.1) is 17.7 Å². The lowest BCUT2D eigenvalue weighted by Crippen LogP contribution is -2.15. The van der Waals surface area contributed by atoms with Crippen LogP contribution >= 0.6 is 11.8 Å². The summed E-state index contributed by atoms with van der Waals surface area (Å²) in [6.45, 7) is 0. The minimum absolute atomic E-state index is 0.101. The Balaban J connectivity index is 1.58. The van der Waals surface area contributed by atoms with Crippen LogP contribution in [-0.2, 0) is 4.79 Å². The first kappa shape index (κ1) is 15.2. The molecule has 1 amide bonds. The van der Waals surface area contributed by atoms with Gasteiger partial charge >= 0.3 is 0 Å². The number of benzene rings is 1. The van der Waals surface area contributed by atoms with Crippen molar-refractivity contribution in [3.63, 3.8) is 0 Å². The highest BCUT2D eigenvalue weighted by atomic mass is 32.2. The summed E-state index contributed by atoms with van der Waals surface area (Å²) in [5.41, 5.74) is -0.225. The zero-order valence-electron chi connectivity index (χ0n) is 11.5. The Morgan fingerprint density at radius 1 is 1.26 bits per heavy atom. The SMILES string of the molecule is O=C(CSc1nnc(-c2ccco2)o1)Nc1cc(F)ccc1F. The Morgan fingerprint density at radius 3 is 2.91 bits per heavy atom. The number of carbonyl (C=O) groups excluding carboxylic acids is 1. The highest BCUT2D eigenvalue weighted by Crippen LogP contribution is 2.23. The van der Waals surface area contributed by atoms with Crippen molar-refractivity contribution in [2.45, 2.75) is 5.22 Å². The minimum atomic E-state index is -0.720. The van der Waals surface area contributed by atoms with Crippen LogP contribution in [0.25, 0.3) is 11.7 Å². The Morgan fingerprint density at radius 2 is 2.13 bits per heavy atom. The van der Waals surface area contributed by atoms with Gasteiger partial charge in [0.15, 0.2) is 5.76 Å². The number of thioether (sulfide) groups is 1. The molecule has 0 aliphatic heterocycles. The highest BCUT2D eigenvalue weighted by Gasteiger charge is 2.14. The largest absolute Gasteiger partial charge is 0.459 e. The first-order valence-electron chi connectivity index (χ1n) is 6.37. The Hall–Kier alpha value is -2.68. The first-order valence-corrected chi connectivity index (χ1v) is 7.35. The van der Waals surface area contributed by atoms with E-state index in [1.54, 1.807) is 12.1 Å². The number of hydrogen-bond acceptors (Lipinski definition) is 6. The van der Waals surface area contributed by atoms with Crippen molar-refractivity contribution in [3.8, 4) is 11.7 Å². The number of halogens is 2. The Bertz CT molecular complexity index is 821. The summed E-state index contributed by atoms with van der Waals surface area (Å²) in [5, 5.41) is 9.96. The van der Waals surface area contributed by atoms with E-state index < -0.39 is 17.5 Å². The van der Waals surface area contributed by atoms with Crippen LogP contribution in [0.3, 0.4) is 0 Å². The molecule has 0 aliphatic carbocycles. The van der Waals surface area contributed by atoms with Crippen LogP contribution in [-0.4, -0.2) is 21.9 Å². The zero-order valence-corrected chi connectivity index (χ0v) is 12.3. The third kappa shape index (κ3) is 3.75. The van der Waals surface area contributed by atoms with Gasteiger partial charge in [-0.2, -0.15) is 0 Å². The number of aromatic nitrogens is 2. The fourth-order valence-corrected chi connectivity index (χ4v) is 2.24. The predicted octanol–water partition coefficient (Wildman–Crippen LogP) is 3.34. The highest BCUT2D eigenvalue weighted by molar-refractivity contribution is 7.99. The lowest BCUT2D eigenvalue weighted by atomic mass is 10.3. The van der Waals surface area contributed by atoms with Crippen LogP contribution in [0.1, 0.15) is 0 Å². The molecular formula is C14H9F2N3O3S. The van der Waals surface area contributed by atoms with Gasteiger partial charge in [-0.15, -0.1) is 10.2 Å². The van der Waals surface area contributed by atoms with Gasteiger partial charge in [-0.05, 0) is 24.3 Å². The molecule has 0 unspecified atom stereocenters. The van der Waals surface area contributed by atoms with Crippen molar-refractivity contribution in [2.24, 2.45) is 0 Å². The molecule has 0 aliphatic rings. The van der Waals surface area contributed by atoms with E-state index in [-0.39, 0.29) is 22.6 Å². The fourth-order valence-electron chi connectivity index (χ4n) is 1.67. The number of anilines is 1. The average molecular weight is 337 g/mol. The summed E-state index contributed by atoms with van der Waals surface area (Å²) in [5.74, 6) is -1.39. The summed E-state index contributed by atoms with van der Waals surface area (Å²) in [6.07, 6.45) is 1.47. The first-order chi connectivity index (χ1) is 11.1. The van der Waals surface area contributed by atoms with Crippen molar-refractivity contribution < 1.29 is 22.4 Å². The number of carbonyl (C=O) groups is 1. The van der Waals surface area contributed by atoms with E-state index in [0.717, 1.165) is 30.0 Å². The molecule has 0 bridgehead atoms. The smallest absolute Gasteiger partial charge is 0.284 e. The molecule has 0 saturated carbocycles. The topological polar surface area (TPSA) is 81.2 Å². The molecule has 2 heterocycles. The van der Waals surface area contributed by atoms with Crippen LogP contribution in [0.2, 0.25) is 0 Å². The van der Waals surface area contributed by atoms with Crippen molar-refractivity contribution in [1.29, 1.82) is 0 Å². The maximum absolute atomic E-state index is 13.4. The van der Waals surface area contributed by atoms with E-state index in [0.29, 0.717) is 5.76 Å². The molecule has 118 valence electrons. The fraction of sp³-hybridized carbons (Fsp3) is 0.0714. The molecule has 1 N–H and O–H groups in total. The minimum Gasteiger partial charge on any atom is -0.459 e. The standard InChI is InChI=1S/C14H9F2N3O3S/c15-8-3-4-9(16)10(6-8)17-12(20)7-23-14-19-18-13(22-14)11-2-1-5-21-11/h1-6H,7H2,(H,17,20). The molecule has 23 heavy (non-hydrogen) atoms. The van der Waals surface area contributed by atoms with Gasteiger partial charge in [0, 0.05) is 6.07 Å². The molecule has 0 radical (unpaired) electrons. The van der Waals surface area contributed by atoms with Crippen LogP contribution in [0.15, 0.2) is 50.7 Å². The molecule has 6 nitrogen and oxygen atoms in total. The quantitative estimate of drug-likeness (QED) is 0.719. The second-order valence-corrected chi connectivity index (χ2v) is 5.24. The monoisotopic (exact) mass is 337 g/mol. The van der Waals surface area contributed by atoms with Crippen molar-refractivity contribution in [2.75, 3.05) is 11.1 Å². The van der Waals surface area contributed by atoms with Gasteiger partial charge in [0.1, 0.15) is 11.6 Å². The van der Waals surface area contributed by atoms with E-state index in [1.165, 1.54) is 6.26 Å². The summed E-state index contributed by atoms with van der Waals surface area (Å²) >= 11 is 0.966. The molecule has 3 aromatic rings. The number of amides is 1. The van der Waals surface area contributed by atoms with E-state index in [2.05, 4.69) is 15.5 Å². The average Bonchev–Trinajstić information content (AvgIpc) is 3.19. The second-order valence-electron chi connectivity index (χ2n) is 4.31. The van der Waals surface area contributed by atoms with Crippen LogP contribution in [0.4, 0.5) is 14.5 Å². The molecule has 0 atom stereocenters. The molecule has 0 spiro atoms. The van der Waals surface area contributed by atoms with Gasteiger partial charge in [-0.3, -0.25) is 4.79 Å². The molecule has 1 aromatic carbocycles. The number of nitrogens with one attached hydrogen (secondary N) is 1. The summed E-state index contributed by atoms with van der Waals surface area (Å²) in [4.78, 5) is 11.8. The Kier molecular flexibility index (Phi) is 4.38. The van der Waals surface area contributed by atoms with E-state index in [4.69, 9.17) is 8.83 Å². The number of furan rings is 1.